The Morgan fingerprint density at radius 1 is 1.20 bits per heavy atom. The Morgan fingerprint density at radius 3 is 2.76 bits per heavy atom. The molecule has 3 aromatic rings. The number of hydrogen-bond donors (Lipinski definition) is 2. The number of nitriles is 1. The maximum absolute atomic E-state index is 13.9. The molecule has 0 saturated heterocycles. The van der Waals surface area contributed by atoms with Crippen LogP contribution in [-0.2, 0) is 0 Å². The number of aromatic nitrogens is 1. The highest BCUT2D eigenvalue weighted by Gasteiger charge is 2.09. The molecule has 3 rings (SSSR count). The fourth-order valence-electron chi connectivity index (χ4n) is 2.39. The molecule has 1 aromatic heterocycles. The Labute approximate surface area is 149 Å². The van der Waals surface area contributed by atoms with Gasteiger partial charge in [0, 0.05) is 22.3 Å². The van der Waals surface area contributed by atoms with Gasteiger partial charge in [0.25, 0.3) is 0 Å². The molecule has 0 aliphatic carbocycles. The predicted octanol–water partition coefficient (Wildman–Crippen LogP) is 5.13. The summed E-state index contributed by atoms with van der Waals surface area (Å²) in [6.07, 6.45) is 1.85. The molecule has 0 fully saturated rings. The van der Waals surface area contributed by atoms with Gasteiger partial charge in [-0.3, -0.25) is 0 Å². The third kappa shape index (κ3) is 3.78. The number of ether oxygens (including phenoxy) is 1. The van der Waals surface area contributed by atoms with Crippen LogP contribution in [0.5, 0.6) is 5.75 Å². The van der Waals surface area contributed by atoms with E-state index in [4.69, 9.17) is 10.00 Å². The number of aryl methyl sites for hydroxylation is 1. The predicted molar refractivity (Wildman–Crippen MR) is 98.1 cm³/mol. The molecule has 126 valence electrons. The van der Waals surface area contributed by atoms with Crippen molar-refractivity contribution in [2.75, 3.05) is 11.8 Å². The Morgan fingerprint density at radius 2 is 2.04 bits per heavy atom. The molecule has 1 heterocycles. The third-order valence-electron chi connectivity index (χ3n) is 3.77. The van der Waals surface area contributed by atoms with Gasteiger partial charge < -0.3 is 14.4 Å². The number of halogens is 1. The summed E-state index contributed by atoms with van der Waals surface area (Å²) >= 11 is 1.30. The lowest BCUT2D eigenvalue weighted by Gasteiger charge is -2.07. The Kier molecular flexibility index (Phi) is 4.96. The zero-order valence-corrected chi connectivity index (χ0v) is 14.6. The fourth-order valence-corrected chi connectivity index (χ4v) is 3.08. The molecule has 0 atom stereocenters. The van der Waals surface area contributed by atoms with Crippen LogP contribution in [0.1, 0.15) is 11.1 Å². The van der Waals surface area contributed by atoms with Gasteiger partial charge in [-0.15, -0.1) is 0 Å². The minimum atomic E-state index is -0.453. The quantitative estimate of drug-likeness (QED) is 0.624. The van der Waals surface area contributed by atoms with E-state index in [2.05, 4.69) is 9.71 Å². The largest absolute Gasteiger partial charge is 0.497 e. The van der Waals surface area contributed by atoms with Gasteiger partial charge in [-0.1, -0.05) is 6.07 Å². The third-order valence-corrected chi connectivity index (χ3v) is 4.56. The molecule has 0 aliphatic rings. The topological polar surface area (TPSA) is 60.8 Å². The average Bonchev–Trinajstić information content (AvgIpc) is 3.09. The van der Waals surface area contributed by atoms with Crippen LogP contribution in [-0.4, -0.2) is 12.1 Å². The summed E-state index contributed by atoms with van der Waals surface area (Å²) in [4.78, 5) is 4.15. The van der Waals surface area contributed by atoms with Crippen molar-refractivity contribution >= 4 is 17.6 Å². The Hall–Kier alpha value is -2.91. The molecule has 2 N–H and O–H groups in total. The van der Waals surface area contributed by atoms with Gasteiger partial charge in [-0.25, -0.2) is 4.39 Å². The van der Waals surface area contributed by atoms with Crippen molar-refractivity contribution in [2.45, 2.75) is 11.8 Å². The number of hydrogen-bond acceptors (Lipinski definition) is 4. The maximum Gasteiger partial charge on any atom is 0.148 e. The lowest BCUT2D eigenvalue weighted by atomic mass is 10.1. The van der Waals surface area contributed by atoms with Gasteiger partial charge >= 0.3 is 0 Å². The van der Waals surface area contributed by atoms with Gasteiger partial charge in [0.05, 0.1) is 24.4 Å². The highest BCUT2D eigenvalue weighted by Crippen LogP contribution is 2.31. The first-order chi connectivity index (χ1) is 12.1. The molecule has 6 heteroatoms. The van der Waals surface area contributed by atoms with E-state index in [1.54, 1.807) is 19.2 Å². The van der Waals surface area contributed by atoms with Gasteiger partial charge in [0.15, 0.2) is 0 Å². The van der Waals surface area contributed by atoms with E-state index in [0.29, 0.717) is 11.3 Å². The maximum atomic E-state index is 13.9. The second kappa shape index (κ2) is 7.32. The minimum absolute atomic E-state index is 0.297. The van der Waals surface area contributed by atoms with Crippen molar-refractivity contribution in [3.8, 4) is 23.1 Å². The smallest absolute Gasteiger partial charge is 0.148 e. The number of aromatic amines is 1. The van der Waals surface area contributed by atoms with E-state index in [1.807, 2.05) is 43.5 Å². The summed E-state index contributed by atoms with van der Waals surface area (Å²) in [5, 5.41) is 8.78. The second-order valence-electron chi connectivity index (χ2n) is 5.44. The van der Waals surface area contributed by atoms with E-state index < -0.39 is 5.82 Å². The normalized spacial score (nSPS) is 10.3. The molecular weight excluding hydrogens is 337 g/mol. The van der Waals surface area contributed by atoms with E-state index in [0.717, 1.165) is 27.5 Å². The zero-order valence-electron chi connectivity index (χ0n) is 13.8. The lowest BCUT2D eigenvalue weighted by molar-refractivity contribution is 0.415. The molecule has 0 spiro atoms. The van der Waals surface area contributed by atoms with Crippen LogP contribution in [0.15, 0.2) is 53.6 Å². The molecule has 0 bridgehead atoms. The van der Waals surface area contributed by atoms with Crippen molar-refractivity contribution in [3.63, 3.8) is 0 Å². The van der Waals surface area contributed by atoms with Crippen molar-refractivity contribution < 1.29 is 9.13 Å². The summed E-state index contributed by atoms with van der Waals surface area (Å²) in [7, 11) is 1.64. The van der Waals surface area contributed by atoms with Crippen LogP contribution in [0.25, 0.3) is 11.3 Å². The summed E-state index contributed by atoms with van der Waals surface area (Å²) in [6.45, 7) is 2.03. The second-order valence-corrected chi connectivity index (χ2v) is 6.32. The van der Waals surface area contributed by atoms with Crippen LogP contribution in [0.3, 0.4) is 0 Å². The van der Waals surface area contributed by atoms with E-state index >= 15 is 0 Å². The number of nitrogens with zero attached hydrogens (tertiary/aromatic N) is 1. The van der Waals surface area contributed by atoms with Crippen molar-refractivity contribution in [2.24, 2.45) is 0 Å². The summed E-state index contributed by atoms with van der Waals surface area (Å²) < 4.78 is 22.1. The van der Waals surface area contributed by atoms with Gasteiger partial charge in [-0.05, 0) is 60.8 Å². The van der Waals surface area contributed by atoms with Gasteiger partial charge in [0.2, 0.25) is 0 Å². The molecule has 2 aromatic carbocycles. The molecule has 0 aliphatic heterocycles. The highest BCUT2D eigenvalue weighted by atomic mass is 32.2. The molecule has 0 unspecified atom stereocenters. The van der Waals surface area contributed by atoms with Crippen molar-refractivity contribution in [3.05, 3.63) is 65.6 Å². The summed E-state index contributed by atoms with van der Waals surface area (Å²) in [5.74, 6) is 0.341. The van der Waals surface area contributed by atoms with Crippen LogP contribution < -0.4 is 9.46 Å². The van der Waals surface area contributed by atoms with E-state index in [-0.39, 0.29) is 0 Å². The number of anilines is 1. The van der Waals surface area contributed by atoms with Crippen LogP contribution >= 0.6 is 11.9 Å². The molecule has 25 heavy (non-hydrogen) atoms. The van der Waals surface area contributed by atoms with Crippen molar-refractivity contribution in [1.29, 1.82) is 5.26 Å². The average molecular weight is 353 g/mol. The molecule has 0 radical (unpaired) electrons. The first kappa shape index (κ1) is 16.9. The molecule has 0 saturated carbocycles. The summed E-state index contributed by atoms with van der Waals surface area (Å²) in [6, 6.07) is 14.2. The Balaban J connectivity index is 1.75. The number of rotatable bonds is 5. The Bertz CT molecular complexity index is 946. The lowest BCUT2D eigenvalue weighted by Crippen LogP contribution is -1.91. The summed E-state index contributed by atoms with van der Waals surface area (Å²) in [5.41, 5.74) is 3.77. The van der Waals surface area contributed by atoms with Crippen LogP contribution in [0.2, 0.25) is 0 Å². The highest BCUT2D eigenvalue weighted by molar-refractivity contribution is 8.00. The van der Waals surface area contributed by atoms with E-state index in [1.165, 1.54) is 18.0 Å². The SMILES string of the molecule is COc1ccc(C)c(-c2cc(SNc3ccc(C#N)cc3F)c[nH]2)c1. The minimum Gasteiger partial charge on any atom is -0.497 e. The monoisotopic (exact) mass is 353 g/mol. The fraction of sp³-hybridized carbons (Fsp3) is 0.105. The van der Waals surface area contributed by atoms with Gasteiger partial charge in [0.1, 0.15) is 11.6 Å². The molecular formula is C19H16FN3OS. The van der Waals surface area contributed by atoms with Gasteiger partial charge in [-0.2, -0.15) is 5.26 Å². The first-order valence-electron chi connectivity index (χ1n) is 7.56. The van der Waals surface area contributed by atoms with Crippen molar-refractivity contribution in [1.82, 2.24) is 4.98 Å². The standard InChI is InChI=1S/C19H16FN3OS/c1-12-3-5-14(24-2)8-16(12)19-9-15(11-22-19)25-23-18-6-4-13(10-21)7-17(18)20/h3-9,11,22-23H,1-2H3. The molecule has 0 amide bonds. The zero-order chi connectivity index (χ0) is 17.8. The number of H-pyrrole nitrogens is 1. The van der Waals surface area contributed by atoms with E-state index in [9.17, 15) is 4.39 Å². The van der Waals surface area contributed by atoms with Crippen LogP contribution in [0, 0.1) is 24.1 Å². The molecule has 4 nitrogen and oxygen atoms in total. The first-order valence-corrected chi connectivity index (χ1v) is 8.38. The van der Waals surface area contributed by atoms with Crippen LogP contribution in [0.4, 0.5) is 10.1 Å². The number of methoxy groups -OCH3 is 1. The number of benzene rings is 2. The number of nitrogens with one attached hydrogen (secondary N) is 2.